The number of fused-ring (bicyclic) bond motifs is 5. The summed E-state index contributed by atoms with van der Waals surface area (Å²) in [5.74, 6) is 2.67. The maximum atomic E-state index is 6.76. The second kappa shape index (κ2) is 13.3. The number of hydrogen-bond acceptors (Lipinski definition) is 5. The summed E-state index contributed by atoms with van der Waals surface area (Å²) in [6.45, 7) is 15.8. The Morgan fingerprint density at radius 2 is 1.61 bits per heavy atom. The van der Waals surface area contributed by atoms with Gasteiger partial charge in [-0.05, 0) is 56.3 Å². The Kier molecular flexibility index (Phi) is 8.91. The number of rotatable bonds is 14. The van der Waals surface area contributed by atoms with Gasteiger partial charge in [-0.3, -0.25) is 0 Å². The Labute approximate surface area is 259 Å². The molecule has 1 aliphatic rings. The number of unbranched alkanes of at least 4 members (excludes halogenated alkanes) is 1. The molecule has 0 fully saturated rings. The lowest BCUT2D eigenvalue weighted by Gasteiger charge is -2.31. The van der Waals surface area contributed by atoms with Crippen LogP contribution in [0.4, 0.5) is 0 Å². The average Bonchev–Trinajstić information content (AvgIpc) is 3.80. The molecule has 1 aliphatic heterocycles. The van der Waals surface area contributed by atoms with Crippen LogP contribution in [0.2, 0.25) is 0 Å². The van der Waals surface area contributed by atoms with E-state index >= 15 is 0 Å². The third-order valence-corrected chi connectivity index (χ3v) is 8.00. The highest BCUT2D eigenvalue weighted by molar-refractivity contribution is 5.92. The third-order valence-electron chi connectivity index (χ3n) is 8.00. The van der Waals surface area contributed by atoms with E-state index in [0.717, 1.165) is 100 Å². The average molecular weight is 588 g/mol. The van der Waals surface area contributed by atoms with Crippen LogP contribution in [0.1, 0.15) is 51.0 Å². The van der Waals surface area contributed by atoms with Crippen LogP contribution in [-0.4, -0.2) is 37.6 Å². The lowest BCUT2D eigenvalue weighted by Crippen LogP contribution is -2.22. The molecule has 0 amide bonds. The number of aromatic nitrogens is 5. The minimum absolute atomic E-state index is 0.393. The van der Waals surface area contributed by atoms with Crippen molar-refractivity contribution in [3.63, 3.8) is 0 Å². The number of benzene rings is 2. The van der Waals surface area contributed by atoms with Crippen molar-refractivity contribution in [3.05, 3.63) is 103 Å². The molecule has 4 heterocycles. The van der Waals surface area contributed by atoms with Crippen LogP contribution in [0.15, 0.2) is 91.8 Å². The van der Waals surface area contributed by atoms with Crippen LogP contribution < -0.4 is 15.4 Å². The van der Waals surface area contributed by atoms with E-state index in [9.17, 15) is 0 Å². The quantitative estimate of drug-likeness (QED) is 0.0790. The Hall–Kier alpha value is -4.66. The molecule has 0 bridgehead atoms. The van der Waals surface area contributed by atoms with Crippen molar-refractivity contribution in [3.8, 4) is 39.5 Å². The number of nitrogens with one attached hydrogen (secondary N) is 4. The van der Waals surface area contributed by atoms with Gasteiger partial charge in [-0.2, -0.15) is 0 Å². The SMILES string of the molecule is C=C/C=C(\C=C)C1Oc2cc(-c3cnc(CNCCC)[nH]3)ccc2-c2cc3cc(-c4cnc(CNCCCC)[nH]4)ccc3n21. The molecule has 1 atom stereocenters. The maximum Gasteiger partial charge on any atom is 0.203 e. The molecule has 0 aliphatic carbocycles. The predicted octanol–water partition coefficient (Wildman–Crippen LogP) is 7.67. The largest absolute Gasteiger partial charge is 0.465 e. The molecule has 0 saturated heterocycles. The summed E-state index contributed by atoms with van der Waals surface area (Å²) in [4.78, 5) is 16.1. The molecule has 8 heteroatoms. The summed E-state index contributed by atoms with van der Waals surface area (Å²) >= 11 is 0. The number of imidazole rings is 2. The Bertz CT molecular complexity index is 1800. The second-order valence-electron chi connectivity index (χ2n) is 11.2. The van der Waals surface area contributed by atoms with Crippen LogP contribution in [0.5, 0.6) is 5.75 Å². The second-order valence-corrected chi connectivity index (χ2v) is 11.2. The van der Waals surface area contributed by atoms with Gasteiger partial charge in [-0.15, -0.1) is 0 Å². The van der Waals surface area contributed by atoms with Crippen LogP contribution in [-0.2, 0) is 13.1 Å². The van der Waals surface area contributed by atoms with E-state index in [-0.39, 0.29) is 0 Å². The number of nitrogens with zero attached hydrogens (tertiary/aromatic N) is 3. The molecule has 1 unspecified atom stereocenters. The zero-order valence-corrected chi connectivity index (χ0v) is 25.6. The fourth-order valence-electron chi connectivity index (χ4n) is 5.73. The third kappa shape index (κ3) is 5.91. The summed E-state index contributed by atoms with van der Waals surface area (Å²) in [5, 5.41) is 7.98. The smallest absolute Gasteiger partial charge is 0.203 e. The Balaban J connectivity index is 1.36. The van der Waals surface area contributed by atoms with Crippen LogP contribution >= 0.6 is 0 Å². The van der Waals surface area contributed by atoms with Gasteiger partial charge in [-0.25, -0.2) is 9.97 Å². The van der Waals surface area contributed by atoms with Gasteiger partial charge in [0.2, 0.25) is 6.23 Å². The first-order valence-corrected chi connectivity index (χ1v) is 15.5. The maximum absolute atomic E-state index is 6.76. The van der Waals surface area contributed by atoms with Gasteiger partial charge in [0.15, 0.2) is 0 Å². The van der Waals surface area contributed by atoms with Gasteiger partial charge >= 0.3 is 0 Å². The fraction of sp³-hybridized carbons (Fsp3) is 0.278. The van der Waals surface area contributed by atoms with Gasteiger partial charge in [0.05, 0.1) is 48.1 Å². The minimum Gasteiger partial charge on any atom is -0.465 e. The molecule has 0 radical (unpaired) electrons. The van der Waals surface area contributed by atoms with E-state index in [1.54, 1.807) is 6.08 Å². The Morgan fingerprint density at radius 3 is 2.30 bits per heavy atom. The molecular formula is C36H41N7O. The summed E-state index contributed by atoms with van der Waals surface area (Å²) in [5.41, 5.74) is 8.22. The zero-order chi connectivity index (χ0) is 30.5. The van der Waals surface area contributed by atoms with Crippen molar-refractivity contribution in [2.45, 2.75) is 52.4 Å². The lowest BCUT2D eigenvalue weighted by atomic mass is 10.0. The van der Waals surface area contributed by atoms with E-state index in [2.05, 4.69) is 105 Å². The first-order valence-electron chi connectivity index (χ1n) is 15.5. The molecule has 5 aromatic rings. The molecule has 226 valence electrons. The van der Waals surface area contributed by atoms with Crippen molar-refractivity contribution in [1.29, 1.82) is 0 Å². The van der Waals surface area contributed by atoms with Gasteiger partial charge in [-0.1, -0.05) is 63.8 Å². The highest BCUT2D eigenvalue weighted by Gasteiger charge is 2.30. The zero-order valence-electron chi connectivity index (χ0n) is 25.6. The van der Waals surface area contributed by atoms with Gasteiger partial charge < -0.3 is 29.9 Å². The number of ether oxygens (including phenoxy) is 1. The van der Waals surface area contributed by atoms with Crippen molar-refractivity contribution in [2.24, 2.45) is 0 Å². The first-order chi connectivity index (χ1) is 21.6. The highest BCUT2D eigenvalue weighted by Crippen LogP contribution is 2.46. The molecule has 8 nitrogen and oxygen atoms in total. The first kappa shape index (κ1) is 29.4. The van der Waals surface area contributed by atoms with Crippen molar-refractivity contribution < 1.29 is 4.74 Å². The molecule has 0 spiro atoms. The van der Waals surface area contributed by atoms with Crippen LogP contribution in [0.25, 0.3) is 44.7 Å². The molecule has 44 heavy (non-hydrogen) atoms. The van der Waals surface area contributed by atoms with E-state index in [1.807, 2.05) is 24.5 Å². The van der Waals surface area contributed by atoms with Crippen LogP contribution in [0, 0.1) is 0 Å². The van der Waals surface area contributed by atoms with E-state index in [0.29, 0.717) is 6.54 Å². The van der Waals surface area contributed by atoms with E-state index in [4.69, 9.17) is 4.74 Å². The topological polar surface area (TPSA) is 95.6 Å². The molecular weight excluding hydrogens is 546 g/mol. The summed E-state index contributed by atoms with van der Waals surface area (Å²) in [6.07, 6.45) is 12.4. The van der Waals surface area contributed by atoms with Gasteiger partial charge in [0, 0.05) is 27.6 Å². The fourth-order valence-corrected chi connectivity index (χ4v) is 5.73. The molecule has 0 saturated carbocycles. The molecule has 2 aromatic carbocycles. The van der Waals surface area contributed by atoms with Crippen molar-refractivity contribution in [1.82, 2.24) is 35.1 Å². The monoisotopic (exact) mass is 587 g/mol. The predicted molar refractivity (Wildman–Crippen MR) is 179 cm³/mol. The highest BCUT2D eigenvalue weighted by atomic mass is 16.5. The normalized spacial score (nSPS) is 14.3. The standard InChI is InChI=1S/C36H41N7O/c1-5-9-16-38-23-35-39-20-29(41-35)25-12-14-31-27(17-25)18-32-28-13-11-26(30-21-40-34(42-30)22-37-15-7-3)19-33(28)44-36(43(31)32)24(8-4)10-6-2/h6,8,10-14,17-21,36-38H,2,4-5,7,9,15-16,22-23H2,1,3H3,(H,39,41)(H,40,42)/b24-10+. The van der Waals surface area contributed by atoms with E-state index in [1.165, 1.54) is 6.42 Å². The van der Waals surface area contributed by atoms with Gasteiger partial charge in [0.1, 0.15) is 17.4 Å². The van der Waals surface area contributed by atoms with Crippen molar-refractivity contribution in [2.75, 3.05) is 13.1 Å². The summed E-state index contributed by atoms with van der Waals surface area (Å²) in [7, 11) is 0. The summed E-state index contributed by atoms with van der Waals surface area (Å²) in [6, 6.07) is 15.1. The number of aromatic amines is 2. The van der Waals surface area contributed by atoms with Crippen molar-refractivity contribution >= 4 is 10.9 Å². The van der Waals surface area contributed by atoms with E-state index < -0.39 is 6.23 Å². The molecule has 6 rings (SSSR count). The summed E-state index contributed by atoms with van der Waals surface area (Å²) < 4.78 is 9.01. The minimum atomic E-state index is -0.393. The number of hydrogen-bond donors (Lipinski definition) is 4. The van der Waals surface area contributed by atoms with Crippen LogP contribution in [0.3, 0.4) is 0 Å². The lowest BCUT2D eigenvalue weighted by molar-refractivity contribution is 0.173. The molecule has 3 aromatic heterocycles. The molecule has 4 N–H and O–H groups in total. The number of allylic oxidation sites excluding steroid dienone is 2. The Morgan fingerprint density at radius 1 is 0.909 bits per heavy atom. The van der Waals surface area contributed by atoms with Gasteiger partial charge in [0.25, 0.3) is 0 Å². The number of H-pyrrole nitrogens is 2.